The summed E-state index contributed by atoms with van der Waals surface area (Å²) in [5.41, 5.74) is 0. The molecule has 0 bridgehead atoms. The van der Waals surface area contributed by atoms with Crippen LogP contribution >= 0.6 is 0 Å². The van der Waals surface area contributed by atoms with Crippen LogP contribution in [0.3, 0.4) is 0 Å². The van der Waals surface area contributed by atoms with Gasteiger partial charge in [0.05, 0.1) is 13.2 Å². The molecule has 0 aromatic carbocycles. The second-order valence-electron chi connectivity index (χ2n) is 3.37. The van der Waals surface area contributed by atoms with Gasteiger partial charge in [0.15, 0.2) is 5.92 Å². The minimum Gasteiger partial charge on any atom is -0.465 e. The molecule has 4 heteroatoms. The van der Waals surface area contributed by atoms with Gasteiger partial charge < -0.3 is 9.47 Å². The number of carbonyl (C=O) groups is 2. The quantitative estimate of drug-likeness (QED) is 0.390. The maximum absolute atomic E-state index is 11.6. The molecule has 0 aliphatic heterocycles. The zero-order chi connectivity index (χ0) is 12.6. The molecule has 4 nitrogen and oxygen atoms in total. The third-order valence-electron chi connectivity index (χ3n) is 2.09. The van der Waals surface area contributed by atoms with Crippen molar-refractivity contribution in [3.8, 4) is 12.3 Å². The molecule has 16 heavy (non-hydrogen) atoms. The van der Waals surface area contributed by atoms with E-state index in [-0.39, 0.29) is 19.1 Å². The van der Waals surface area contributed by atoms with Gasteiger partial charge in [0.25, 0.3) is 0 Å². The molecule has 0 heterocycles. The maximum Gasteiger partial charge on any atom is 0.320 e. The molecular formula is C12H18O4. The SMILES string of the molecule is C#CCC(C)C(C(=O)OCC)C(=O)OCC. The first-order valence-corrected chi connectivity index (χ1v) is 5.35. The molecule has 0 aromatic heterocycles. The highest BCUT2D eigenvalue weighted by atomic mass is 16.6. The molecule has 1 unspecified atom stereocenters. The van der Waals surface area contributed by atoms with Gasteiger partial charge in [-0.15, -0.1) is 12.3 Å². The topological polar surface area (TPSA) is 52.6 Å². The number of hydrogen-bond acceptors (Lipinski definition) is 4. The molecule has 0 N–H and O–H groups in total. The van der Waals surface area contributed by atoms with Gasteiger partial charge in [-0.1, -0.05) is 6.92 Å². The minimum atomic E-state index is -0.920. The number of rotatable bonds is 6. The smallest absolute Gasteiger partial charge is 0.320 e. The van der Waals surface area contributed by atoms with E-state index in [9.17, 15) is 9.59 Å². The Kier molecular flexibility index (Phi) is 7.02. The number of carbonyl (C=O) groups excluding carboxylic acids is 2. The Balaban J connectivity index is 4.69. The summed E-state index contributed by atoms with van der Waals surface area (Å²) in [5, 5.41) is 0. The van der Waals surface area contributed by atoms with Crippen molar-refractivity contribution in [1.29, 1.82) is 0 Å². The fraction of sp³-hybridized carbons (Fsp3) is 0.667. The van der Waals surface area contributed by atoms with E-state index < -0.39 is 17.9 Å². The molecule has 0 amide bonds. The van der Waals surface area contributed by atoms with Gasteiger partial charge in [-0.25, -0.2) is 0 Å². The number of esters is 2. The molecule has 0 rings (SSSR count). The number of terminal acetylenes is 1. The highest BCUT2D eigenvalue weighted by Crippen LogP contribution is 2.18. The van der Waals surface area contributed by atoms with Gasteiger partial charge in [-0.3, -0.25) is 9.59 Å². The minimum absolute atomic E-state index is 0.234. The first-order chi connectivity index (χ1) is 7.58. The Hall–Kier alpha value is -1.50. The summed E-state index contributed by atoms with van der Waals surface area (Å²) in [4.78, 5) is 23.2. The van der Waals surface area contributed by atoms with Crippen LogP contribution in [0.25, 0.3) is 0 Å². The van der Waals surface area contributed by atoms with Crippen molar-refractivity contribution in [3.05, 3.63) is 0 Å². The second-order valence-corrected chi connectivity index (χ2v) is 3.37. The first-order valence-electron chi connectivity index (χ1n) is 5.35. The molecule has 0 radical (unpaired) electrons. The summed E-state index contributed by atoms with van der Waals surface area (Å²) in [6.07, 6.45) is 5.50. The van der Waals surface area contributed by atoms with Gasteiger partial charge in [0.1, 0.15) is 0 Å². The van der Waals surface area contributed by atoms with Crippen LogP contribution in [0, 0.1) is 24.2 Å². The molecule has 0 fully saturated rings. The van der Waals surface area contributed by atoms with Crippen LogP contribution < -0.4 is 0 Å². The average Bonchev–Trinajstić information content (AvgIpc) is 2.19. The van der Waals surface area contributed by atoms with Crippen LogP contribution in [0.4, 0.5) is 0 Å². The molecule has 0 aliphatic carbocycles. The predicted octanol–water partition coefficient (Wildman–Crippen LogP) is 1.39. The van der Waals surface area contributed by atoms with Gasteiger partial charge in [-0.2, -0.15) is 0 Å². The third kappa shape index (κ3) is 4.35. The highest BCUT2D eigenvalue weighted by molar-refractivity contribution is 5.95. The van der Waals surface area contributed by atoms with Crippen LogP contribution in [0.1, 0.15) is 27.2 Å². The second kappa shape index (κ2) is 7.75. The van der Waals surface area contributed by atoms with Crippen molar-refractivity contribution in [2.75, 3.05) is 13.2 Å². The van der Waals surface area contributed by atoms with E-state index in [0.717, 1.165) is 0 Å². The lowest BCUT2D eigenvalue weighted by molar-refractivity contribution is -0.164. The van der Waals surface area contributed by atoms with E-state index in [0.29, 0.717) is 6.42 Å². The Bertz CT molecular complexity index is 259. The summed E-state index contributed by atoms with van der Waals surface area (Å²) >= 11 is 0. The van der Waals surface area contributed by atoms with E-state index >= 15 is 0 Å². The van der Waals surface area contributed by atoms with Crippen molar-refractivity contribution >= 4 is 11.9 Å². The third-order valence-corrected chi connectivity index (χ3v) is 2.09. The largest absolute Gasteiger partial charge is 0.465 e. The summed E-state index contributed by atoms with van der Waals surface area (Å²) in [7, 11) is 0. The number of hydrogen-bond donors (Lipinski definition) is 0. The monoisotopic (exact) mass is 226 g/mol. The van der Waals surface area contributed by atoms with Crippen molar-refractivity contribution in [1.82, 2.24) is 0 Å². The Morgan fingerprint density at radius 3 is 1.94 bits per heavy atom. The standard InChI is InChI=1S/C12H18O4/c1-5-8-9(4)10(11(13)15-6-2)12(14)16-7-3/h1,9-10H,6-8H2,2-4H3. The molecule has 0 saturated carbocycles. The highest BCUT2D eigenvalue weighted by Gasteiger charge is 2.34. The summed E-state index contributed by atoms with van der Waals surface area (Å²) < 4.78 is 9.66. The predicted molar refractivity (Wildman–Crippen MR) is 59.4 cm³/mol. The zero-order valence-corrected chi connectivity index (χ0v) is 9.99. The van der Waals surface area contributed by atoms with Gasteiger partial charge in [0.2, 0.25) is 0 Å². The molecule has 0 aromatic rings. The fourth-order valence-corrected chi connectivity index (χ4v) is 1.33. The van der Waals surface area contributed by atoms with Gasteiger partial charge >= 0.3 is 11.9 Å². The van der Waals surface area contributed by atoms with Gasteiger partial charge in [-0.05, 0) is 19.8 Å². The van der Waals surface area contributed by atoms with Crippen LogP contribution in [-0.4, -0.2) is 25.2 Å². The summed E-state index contributed by atoms with van der Waals surface area (Å²) in [6, 6.07) is 0. The lowest BCUT2D eigenvalue weighted by Gasteiger charge is -2.18. The Morgan fingerprint density at radius 1 is 1.19 bits per heavy atom. The lowest BCUT2D eigenvalue weighted by Crippen LogP contribution is -2.33. The fourth-order valence-electron chi connectivity index (χ4n) is 1.33. The summed E-state index contributed by atoms with van der Waals surface area (Å²) in [6.45, 7) is 5.57. The van der Waals surface area contributed by atoms with E-state index in [1.165, 1.54) is 0 Å². The van der Waals surface area contributed by atoms with Crippen LogP contribution in [-0.2, 0) is 19.1 Å². The van der Waals surface area contributed by atoms with E-state index in [1.807, 2.05) is 0 Å². The van der Waals surface area contributed by atoms with Crippen molar-refractivity contribution in [3.63, 3.8) is 0 Å². The molecule has 0 spiro atoms. The molecule has 90 valence electrons. The zero-order valence-electron chi connectivity index (χ0n) is 9.99. The Labute approximate surface area is 96.3 Å². The Morgan fingerprint density at radius 2 is 1.62 bits per heavy atom. The van der Waals surface area contributed by atoms with Crippen LogP contribution in [0.15, 0.2) is 0 Å². The van der Waals surface area contributed by atoms with Crippen LogP contribution in [0.5, 0.6) is 0 Å². The van der Waals surface area contributed by atoms with E-state index in [1.54, 1.807) is 20.8 Å². The molecule has 1 atom stereocenters. The van der Waals surface area contributed by atoms with Crippen molar-refractivity contribution in [2.45, 2.75) is 27.2 Å². The normalized spacial score (nSPS) is 11.7. The molecular weight excluding hydrogens is 208 g/mol. The maximum atomic E-state index is 11.6. The average molecular weight is 226 g/mol. The summed E-state index contributed by atoms with van der Waals surface area (Å²) in [5.74, 6) is 0.0990. The van der Waals surface area contributed by atoms with Crippen LogP contribution in [0.2, 0.25) is 0 Å². The lowest BCUT2D eigenvalue weighted by atomic mass is 9.91. The van der Waals surface area contributed by atoms with E-state index in [2.05, 4.69) is 5.92 Å². The molecule has 0 saturated heterocycles. The van der Waals surface area contributed by atoms with E-state index in [4.69, 9.17) is 15.9 Å². The van der Waals surface area contributed by atoms with Gasteiger partial charge in [0, 0.05) is 6.42 Å². The molecule has 0 aliphatic rings. The van der Waals surface area contributed by atoms with Crippen molar-refractivity contribution < 1.29 is 19.1 Å². The number of ether oxygens (including phenoxy) is 2. The van der Waals surface area contributed by atoms with Crippen molar-refractivity contribution in [2.24, 2.45) is 11.8 Å². The first kappa shape index (κ1) is 14.5.